The summed E-state index contributed by atoms with van der Waals surface area (Å²) in [5.41, 5.74) is -4.27. The maximum Gasteiger partial charge on any atom is 0.416 e. The lowest BCUT2D eigenvalue weighted by molar-refractivity contribution is -0.143. The third kappa shape index (κ3) is 7.73. The lowest BCUT2D eigenvalue weighted by Crippen LogP contribution is -2.38. The van der Waals surface area contributed by atoms with Crippen molar-refractivity contribution in [3.05, 3.63) is 88.5 Å². The minimum atomic E-state index is -5.18. The fraction of sp³-hybridized carbons (Fsp3) is 0.310. The number of fused-ring (bicyclic) bond motifs is 1. The van der Waals surface area contributed by atoms with Crippen molar-refractivity contribution >= 4 is 34.6 Å². The summed E-state index contributed by atoms with van der Waals surface area (Å²) < 4.78 is 126. The highest BCUT2D eigenvalue weighted by Gasteiger charge is 2.38. The van der Waals surface area contributed by atoms with Crippen LogP contribution in [0.25, 0.3) is 0 Å². The van der Waals surface area contributed by atoms with Gasteiger partial charge in [-0.1, -0.05) is 50.3 Å². The summed E-state index contributed by atoms with van der Waals surface area (Å²) in [6.07, 6.45) is -15.6. The highest BCUT2D eigenvalue weighted by Crippen LogP contribution is 2.40. The summed E-state index contributed by atoms with van der Waals surface area (Å²) in [7, 11) is 0. The van der Waals surface area contributed by atoms with Crippen molar-refractivity contribution in [3.63, 3.8) is 0 Å². The van der Waals surface area contributed by atoms with Crippen LogP contribution in [0.4, 0.5) is 55.7 Å². The van der Waals surface area contributed by atoms with E-state index in [1.807, 2.05) is 31.3 Å². The van der Waals surface area contributed by atoms with E-state index in [1.165, 1.54) is 0 Å². The first-order valence-corrected chi connectivity index (χ1v) is 13.4. The monoisotopic (exact) mass is 649 g/mol. The number of ether oxygens (including phenoxy) is 1. The molecular formula is C29H24F9N3O2S. The van der Waals surface area contributed by atoms with E-state index in [4.69, 9.17) is 17.0 Å². The van der Waals surface area contributed by atoms with Crippen LogP contribution in [-0.4, -0.2) is 17.1 Å². The first kappa shape index (κ1) is 32.9. The molecule has 0 bridgehead atoms. The summed E-state index contributed by atoms with van der Waals surface area (Å²) in [6, 6.07) is 7.97. The van der Waals surface area contributed by atoms with Crippen molar-refractivity contribution in [1.82, 2.24) is 5.32 Å². The number of anilines is 2. The molecule has 3 aromatic carbocycles. The molecule has 0 saturated heterocycles. The number of rotatable bonds is 6. The largest absolute Gasteiger partial charge is 0.485 e. The number of hydrogen-bond acceptors (Lipinski definition) is 3. The van der Waals surface area contributed by atoms with Gasteiger partial charge in [0, 0.05) is 18.0 Å². The Balaban J connectivity index is 1.65. The molecule has 0 aliphatic heterocycles. The Labute approximate surface area is 250 Å². The molecule has 3 aromatic rings. The second kappa shape index (κ2) is 12.2. The van der Waals surface area contributed by atoms with E-state index >= 15 is 0 Å². The van der Waals surface area contributed by atoms with Gasteiger partial charge in [0.2, 0.25) is 0 Å². The Bertz CT molecular complexity index is 1520. The number of benzene rings is 3. The maximum absolute atomic E-state index is 13.6. The van der Waals surface area contributed by atoms with Crippen LogP contribution in [0.5, 0.6) is 5.75 Å². The minimum Gasteiger partial charge on any atom is -0.485 e. The lowest BCUT2D eigenvalue weighted by atomic mass is 10.1. The first-order valence-electron chi connectivity index (χ1n) is 13.0. The molecule has 0 radical (unpaired) electrons. The van der Waals surface area contributed by atoms with E-state index < -0.39 is 64.8 Å². The standard InChI is InChI=1S/C29H24F9N3O2S/c1-14(2)25(44)41-24-20-6-4-3-5-15(20)9-23(24)43-22-8-7-16(27(30,31)32)13-21(22)40-26(42)39-19-11-17(28(33,34)35)10-18(12-19)29(36,37)38/h3-8,10-14,23-24H,9H2,1-2H3,(H,41,44)(H2,39,40,42)/t23-,24-/m1/s1. The van der Waals surface area contributed by atoms with Gasteiger partial charge in [-0.15, -0.1) is 0 Å². The summed E-state index contributed by atoms with van der Waals surface area (Å²) in [5.74, 6) is -0.271. The van der Waals surface area contributed by atoms with Crippen LogP contribution in [0.2, 0.25) is 0 Å². The predicted molar refractivity (Wildman–Crippen MR) is 148 cm³/mol. The van der Waals surface area contributed by atoms with E-state index in [2.05, 4.69) is 10.6 Å². The van der Waals surface area contributed by atoms with Gasteiger partial charge >= 0.3 is 24.6 Å². The molecule has 0 heterocycles. The van der Waals surface area contributed by atoms with E-state index in [0.29, 0.717) is 23.5 Å². The topological polar surface area (TPSA) is 62.4 Å². The van der Waals surface area contributed by atoms with Gasteiger partial charge in [0.05, 0.1) is 33.4 Å². The number of carbonyl (C=O) groups excluding carboxylic acids is 1. The molecule has 5 nitrogen and oxygen atoms in total. The summed E-state index contributed by atoms with van der Waals surface area (Å²) in [4.78, 5) is 13.3. The van der Waals surface area contributed by atoms with Crippen molar-refractivity contribution in [2.45, 2.75) is 50.9 Å². The highest BCUT2D eigenvalue weighted by molar-refractivity contribution is 7.80. The number of alkyl halides is 9. The van der Waals surface area contributed by atoms with Gasteiger partial charge in [0.1, 0.15) is 11.9 Å². The smallest absolute Gasteiger partial charge is 0.416 e. The normalized spacial score (nSPS) is 16.8. The summed E-state index contributed by atoms with van der Waals surface area (Å²) >= 11 is 5.43. The molecule has 1 aliphatic carbocycles. The molecule has 44 heavy (non-hydrogen) atoms. The van der Waals surface area contributed by atoms with Crippen LogP contribution in [0.3, 0.4) is 0 Å². The number of hydrogen-bond donors (Lipinski definition) is 3. The molecule has 15 heteroatoms. The molecular weight excluding hydrogens is 625 g/mol. The maximum atomic E-state index is 13.6. The molecule has 3 N–H and O–H groups in total. The number of thiocarbonyl (C=S) groups is 1. The average Bonchev–Trinajstić information content (AvgIpc) is 3.24. The minimum absolute atomic E-state index is 0.0425. The van der Waals surface area contributed by atoms with Crippen molar-refractivity contribution in [2.24, 2.45) is 5.92 Å². The number of urea groups is 1. The molecule has 0 unspecified atom stereocenters. The third-order valence-electron chi connectivity index (χ3n) is 6.68. The van der Waals surface area contributed by atoms with Gasteiger partial charge in [-0.3, -0.25) is 0 Å². The highest BCUT2D eigenvalue weighted by atomic mass is 32.1. The summed E-state index contributed by atoms with van der Waals surface area (Å²) in [6.45, 7) is 3.73. The second-order valence-electron chi connectivity index (χ2n) is 10.3. The van der Waals surface area contributed by atoms with Gasteiger partial charge in [-0.2, -0.15) is 39.5 Å². The molecule has 2 atom stereocenters. The third-order valence-corrected chi connectivity index (χ3v) is 7.27. The molecule has 0 spiro atoms. The molecule has 4 rings (SSSR count). The van der Waals surface area contributed by atoms with Crippen LogP contribution in [0.15, 0.2) is 60.7 Å². The van der Waals surface area contributed by atoms with Crippen molar-refractivity contribution in [2.75, 3.05) is 10.6 Å². The van der Waals surface area contributed by atoms with Gasteiger partial charge < -0.3 is 20.7 Å². The van der Waals surface area contributed by atoms with Crippen molar-refractivity contribution in [3.8, 4) is 5.75 Å². The quantitative estimate of drug-likeness (QED) is 0.184. The fourth-order valence-electron chi connectivity index (χ4n) is 4.54. The number of carbonyl (C=O) groups is 1. The van der Waals surface area contributed by atoms with E-state index in [1.54, 1.807) is 12.1 Å². The van der Waals surface area contributed by atoms with Crippen molar-refractivity contribution in [1.29, 1.82) is 0 Å². The van der Waals surface area contributed by atoms with Crippen LogP contribution in [0, 0.1) is 5.92 Å². The predicted octanol–water partition coefficient (Wildman–Crippen LogP) is 9.00. The SMILES string of the molecule is CC(C)C(=S)N[C@@H]1c2ccccc2C[C@H]1Oc1ccc(C(F)(F)F)cc1NC(=O)Nc1cc(C(F)(F)F)cc(C(F)(F)F)c1. The molecule has 1 aliphatic rings. The average molecular weight is 650 g/mol. The zero-order valence-electron chi connectivity index (χ0n) is 22.8. The van der Waals surface area contributed by atoms with Crippen LogP contribution in [-0.2, 0) is 24.9 Å². The second-order valence-corrected chi connectivity index (χ2v) is 10.7. The first-order chi connectivity index (χ1) is 20.3. The Kier molecular flexibility index (Phi) is 9.10. The molecule has 0 saturated carbocycles. The van der Waals surface area contributed by atoms with Gasteiger partial charge in [-0.25, -0.2) is 4.79 Å². The zero-order chi connectivity index (χ0) is 32.6. The van der Waals surface area contributed by atoms with Crippen LogP contribution < -0.4 is 20.7 Å². The molecule has 0 fully saturated rings. The zero-order valence-corrected chi connectivity index (χ0v) is 23.7. The van der Waals surface area contributed by atoms with E-state index in [-0.39, 0.29) is 29.9 Å². The lowest BCUT2D eigenvalue weighted by Gasteiger charge is -2.26. The number of amides is 2. The summed E-state index contributed by atoms with van der Waals surface area (Å²) in [5, 5.41) is 7.12. The van der Waals surface area contributed by atoms with Crippen LogP contribution in [0.1, 0.15) is 47.7 Å². The Morgan fingerprint density at radius 3 is 1.98 bits per heavy atom. The fourth-order valence-corrected chi connectivity index (χ4v) is 4.67. The molecule has 236 valence electrons. The Morgan fingerprint density at radius 1 is 0.818 bits per heavy atom. The van der Waals surface area contributed by atoms with Gasteiger partial charge in [0.15, 0.2) is 0 Å². The Morgan fingerprint density at radius 2 is 1.41 bits per heavy atom. The number of nitrogens with one attached hydrogen (secondary N) is 3. The van der Waals surface area contributed by atoms with Crippen LogP contribution >= 0.6 is 12.2 Å². The molecule has 0 aromatic heterocycles. The molecule has 2 amide bonds. The number of halogens is 9. The van der Waals surface area contributed by atoms with Gasteiger partial charge in [-0.05, 0) is 47.5 Å². The Hall–Kier alpha value is -4.01. The van der Waals surface area contributed by atoms with Crippen molar-refractivity contribution < 1.29 is 49.0 Å². The van der Waals surface area contributed by atoms with E-state index in [9.17, 15) is 44.3 Å². The van der Waals surface area contributed by atoms with Gasteiger partial charge in [0.25, 0.3) is 0 Å². The van der Waals surface area contributed by atoms with E-state index in [0.717, 1.165) is 17.2 Å².